The minimum absolute atomic E-state index is 0.157. The second-order valence-electron chi connectivity index (χ2n) is 8.42. The van der Waals surface area contributed by atoms with Crippen molar-refractivity contribution in [2.24, 2.45) is 0 Å². The van der Waals surface area contributed by atoms with Gasteiger partial charge in [0, 0.05) is 18.2 Å². The van der Waals surface area contributed by atoms with Crippen LogP contribution in [0.25, 0.3) is 11.1 Å². The van der Waals surface area contributed by atoms with E-state index in [0.717, 1.165) is 59.4 Å². The molecular formula is C24H24N2O5S. The summed E-state index contributed by atoms with van der Waals surface area (Å²) in [6.07, 6.45) is 5.56. The molecule has 7 nitrogen and oxygen atoms in total. The fourth-order valence-corrected chi connectivity index (χ4v) is 4.99. The van der Waals surface area contributed by atoms with Gasteiger partial charge in [0.05, 0.1) is 17.1 Å². The molecule has 1 amide bonds. The molecule has 0 fully saturated rings. The molecule has 2 aliphatic rings. The van der Waals surface area contributed by atoms with Crippen LogP contribution in [0.3, 0.4) is 0 Å². The number of nitrogens with zero attached hydrogens (tertiary/aromatic N) is 1. The van der Waals surface area contributed by atoms with Crippen LogP contribution in [0.1, 0.15) is 40.2 Å². The van der Waals surface area contributed by atoms with Crippen molar-refractivity contribution in [3.63, 3.8) is 0 Å². The Hall–Kier alpha value is -3.13. The molecule has 3 aromatic rings. The summed E-state index contributed by atoms with van der Waals surface area (Å²) in [5.41, 5.74) is 4.84. The van der Waals surface area contributed by atoms with Gasteiger partial charge in [-0.15, -0.1) is 0 Å². The summed E-state index contributed by atoms with van der Waals surface area (Å²) in [5.74, 6) is 0.889. The first-order chi connectivity index (χ1) is 15.4. The molecule has 32 heavy (non-hydrogen) atoms. The zero-order chi connectivity index (χ0) is 22.3. The second-order valence-corrected chi connectivity index (χ2v) is 10.4. The molecule has 0 saturated heterocycles. The zero-order valence-electron chi connectivity index (χ0n) is 17.8. The normalized spacial score (nSPS) is 17.3. The minimum Gasteiger partial charge on any atom is -0.488 e. The molecule has 1 aliphatic heterocycles. The molecule has 2 aromatic carbocycles. The number of benzene rings is 2. The Bertz CT molecular complexity index is 1280. The first kappa shape index (κ1) is 20.8. The predicted molar refractivity (Wildman–Crippen MR) is 119 cm³/mol. The van der Waals surface area contributed by atoms with E-state index in [4.69, 9.17) is 9.26 Å². The topological polar surface area (TPSA) is 98.5 Å². The van der Waals surface area contributed by atoms with E-state index < -0.39 is 9.84 Å². The highest BCUT2D eigenvalue weighted by Gasteiger charge is 2.27. The van der Waals surface area contributed by atoms with Gasteiger partial charge in [0.15, 0.2) is 9.84 Å². The van der Waals surface area contributed by atoms with Gasteiger partial charge < -0.3 is 14.6 Å². The van der Waals surface area contributed by atoms with E-state index in [1.807, 2.05) is 24.3 Å². The molecule has 0 spiro atoms. The van der Waals surface area contributed by atoms with E-state index in [0.29, 0.717) is 23.6 Å². The molecule has 0 radical (unpaired) electrons. The lowest BCUT2D eigenvalue weighted by atomic mass is 9.96. The zero-order valence-corrected chi connectivity index (χ0v) is 18.6. The Labute approximate surface area is 186 Å². The number of hydrogen-bond acceptors (Lipinski definition) is 6. The smallest absolute Gasteiger partial charge is 0.290 e. The van der Waals surface area contributed by atoms with Crippen molar-refractivity contribution < 1.29 is 22.5 Å². The molecule has 1 N–H and O–H groups in total. The Kier molecular flexibility index (Phi) is 5.25. The minimum atomic E-state index is -3.22. The van der Waals surface area contributed by atoms with Crippen molar-refractivity contribution in [2.45, 2.75) is 43.1 Å². The maximum atomic E-state index is 12.6. The van der Waals surface area contributed by atoms with Crippen LogP contribution in [0, 0.1) is 0 Å². The Balaban J connectivity index is 1.24. The number of rotatable bonds is 5. The van der Waals surface area contributed by atoms with Crippen LogP contribution in [0.5, 0.6) is 5.75 Å². The van der Waals surface area contributed by atoms with Crippen molar-refractivity contribution in [1.82, 2.24) is 10.5 Å². The first-order valence-electron chi connectivity index (χ1n) is 10.7. The van der Waals surface area contributed by atoms with Crippen molar-refractivity contribution in [2.75, 3.05) is 12.8 Å². The Morgan fingerprint density at radius 3 is 2.62 bits per heavy atom. The molecule has 0 saturated carbocycles. The quantitative estimate of drug-likeness (QED) is 0.637. The van der Waals surface area contributed by atoms with E-state index in [2.05, 4.69) is 16.5 Å². The fraction of sp³-hybridized carbons (Fsp3) is 0.333. The van der Waals surface area contributed by atoms with Crippen LogP contribution in [0.15, 0.2) is 51.9 Å². The van der Waals surface area contributed by atoms with Crippen LogP contribution in [0.4, 0.5) is 0 Å². The number of aromatic nitrogens is 1. The number of sulfone groups is 1. The maximum absolute atomic E-state index is 12.6. The number of carbonyl (C=O) groups is 1. The molecular weight excluding hydrogens is 428 g/mol. The first-order valence-corrected chi connectivity index (χ1v) is 12.6. The SMILES string of the molecule is CS(=O)(=O)c1ccc(-c2ccc3c(c2)C[C@@H](CNC(=O)c2onc4c2CCCC4)O3)cc1. The molecule has 8 heteroatoms. The molecule has 0 bridgehead atoms. The van der Waals surface area contributed by atoms with E-state index in [-0.39, 0.29) is 12.0 Å². The monoisotopic (exact) mass is 452 g/mol. The van der Waals surface area contributed by atoms with Crippen molar-refractivity contribution in [3.8, 4) is 16.9 Å². The Morgan fingerprint density at radius 2 is 1.84 bits per heavy atom. The third-order valence-corrected chi connectivity index (χ3v) is 7.20. The summed E-state index contributed by atoms with van der Waals surface area (Å²) in [6.45, 7) is 0.376. The maximum Gasteiger partial charge on any atom is 0.290 e. The average Bonchev–Trinajstić information content (AvgIpc) is 3.40. The van der Waals surface area contributed by atoms with Gasteiger partial charge >= 0.3 is 0 Å². The van der Waals surface area contributed by atoms with Gasteiger partial charge in [-0.1, -0.05) is 23.4 Å². The van der Waals surface area contributed by atoms with Crippen LogP contribution in [-0.4, -0.2) is 38.4 Å². The van der Waals surface area contributed by atoms with Gasteiger partial charge in [-0.05, 0) is 66.6 Å². The number of amides is 1. The Morgan fingerprint density at radius 1 is 1.09 bits per heavy atom. The lowest BCUT2D eigenvalue weighted by molar-refractivity contribution is 0.0895. The third-order valence-electron chi connectivity index (χ3n) is 6.07. The van der Waals surface area contributed by atoms with Crippen LogP contribution < -0.4 is 10.1 Å². The summed E-state index contributed by atoms with van der Waals surface area (Å²) in [7, 11) is -3.22. The number of fused-ring (bicyclic) bond motifs is 2. The molecule has 5 rings (SSSR count). The number of hydrogen-bond donors (Lipinski definition) is 1. The van der Waals surface area contributed by atoms with Gasteiger partial charge in [-0.25, -0.2) is 8.42 Å². The molecule has 1 aromatic heterocycles. The highest BCUT2D eigenvalue weighted by molar-refractivity contribution is 7.90. The number of aryl methyl sites for hydroxylation is 1. The van der Waals surface area contributed by atoms with Gasteiger partial charge in [0.1, 0.15) is 11.9 Å². The highest BCUT2D eigenvalue weighted by atomic mass is 32.2. The van der Waals surface area contributed by atoms with Crippen molar-refractivity contribution in [3.05, 3.63) is 65.0 Å². The van der Waals surface area contributed by atoms with Crippen molar-refractivity contribution >= 4 is 15.7 Å². The highest BCUT2D eigenvalue weighted by Crippen LogP contribution is 2.33. The fourth-order valence-electron chi connectivity index (χ4n) is 4.36. The number of nitrogens with one attached hydrogen (secondary N) is 1. The summed E-state index contributed by atoms with van der Waals surface area (Å²) in [6, 6.07) is 12.8. The average molecular weight is 453 g/mol. The number of ether oxygens (including phenoxy) is 1. The van der Waals surface area contributed by atoms with Gasteiger partial charge in [0.2, 0.25) is 5.76 Å². The van der Waals surface area contributed by atoms with E-state index in [9.17, 15) is 13.2 Å². The van der Waals surface area contributed by atoms with E-state index >= 15 is 0 Å². The van der Waals surface area contributed by atoms with Crippen LogP contribution in [-0.2, 0) is 29.1 Å². The summed E-state index contributed by atoms with van der Waals surface area (Å²) >= 11 is 0. The van der Waals surface area contributed by atoms with E-state index in [1.165, 1.54) is 6.26 Å². The summed E-state index contributed by atoms with van der Waals surface area (Å²) in [5, 5.41) is 6.97. The van der Waals surface area contributed by atoms with E-state index in [1.54, 1.807) is 12.1 Å². The van der Waals surface area contributed by atoms with Crippen LogP contribution in [0.2, 0.25) is 0 Å². The van der Waals surface area contributed by atoms with Gasteiger partial charge in [0.25, 0.3) is 5.91 Å². The molecule has 0 unspecified atom stereocenters. The van der Waals surface area contributed by atoms with Crippen molar-refractivity contribution in [1.29, 1.82) is 0 Å². The van der Waals surface area contributed by atoms with Gasteiger partial charge in [-0.3, -0.25) is 4.79 Å². The molecule has 1 aliphatic carbocycles. The lowest BCUT2D eigenvalue weighted by Gasteiger charge is -2.12. The predicted octanol–water partition coefficient (Wildman–Crippen LogP) is 3.36. The summed E-state index contributed by atoms with van der Waals surface area (Å²) in [4.78, 5) is 12.9. The van der Waals surface area contributed by atoms with Gasteiger partial charge in [-0.2, -0.15) is 0 Å². The third kappa shape index (κ3) is 4.02. The second kappa shape index (κ2) is 8.09. The molecule has 1 atom stereocenters. The largest absolute Gasteiger partial charge is 0.488 e. The molecule has 2 heterocycles. The number of carbonyl (C=O) groups excluding carboxylic acids is 1. The molecule has 166 valence electrons. The van der Waals surface area contributed by atoms with Crippen LogP contribution >= 0.6 is 0 Å². The standard InChI is InChI=1S/C24H24N2O5S/c1-32(28,29)19-9-6-15(7-10-19)16-8-11-22-17(12-16)13-18(30-22)14-25-24(27)23-20-4-2-3-5-21(20)26-31-23/h6-12,18H,2-5,13-14H2,1H3,(H,25,27)/t18-/m0/s1. The lowest BCUT2D eigenvalue weighted by Crippen LogP contribution is -2.34. The summed E-state index contributed by atoms with van der Waals surface area (Å²) < 4.78 is 34.7.